The van der Waals surface area contributed by atoms with Crippen molar-refractivity contribution < 1.29 is 4.74 Å². The summed E-state index contributed by atoms with van der Waals surface area (Å²) >= 11 is 0. The van der Waals surface area contributed by atoms with Crippen molar-refractivity contribution in [3.8, 4) is 0 Å². The van der Waals surface area contributed by atoms with E-state index in [1.54, 1.807) is 6.92 Å². The van der Waals surface area contributed by atoms with E-state index in [4.69, 9.17) is 10.1 Å². The first-order valence-electron chi connectivity index (χ1n) is 5.60. The summed E-state index contributed by atoms with van der Waals surface area (Å²) in [6, 6.07) is 0. The minimum atomic E-state index is 0.286. The van der Waals surface area contributed by atoms with Gasteiger partial charge in [-0.05, 0) is 30.6 Å². The fourth-order valence-electron chi connectivity index (χ4n) is 3.52. The Balaban J connectivity index is 2.23. The third-order valence-corrected chi connectivity index (χ3v) is 5.03. The van der Waals surface area contributed by atoms with Gasteiger partial charge in [0, 0.05) is 12.3 Å². The van der Waals surface area contributed by atoms with Crippen molar-refractivity contribution in [2.75, 3.05) is 0 Å². The number of nitrogens with one attached hydrogen (secondary N) is 1. The molecule has 2 heteroatoms. The molecule has 2 saturated carbocycles. The first-order valence-corrected chi connectivity index (χ1v) is 5.60. The van der Waals surface area contributed by atoms with Crippen LogP contribution in [0, 0.1) is 22.2 Å². The van der Waals surface area contributed by atoms with Crippen molar-refractivity contribution in [2.45, 2.75) is 53.1 Å². The lowest BCUT2D eigenvalue weighted by Gasteiger charge is -2.38. The molecular weight excluding hydrogens is 174 g/mol. The summed E-state index contributed by atoms with van der Waals surface area (Å²) in [4.78, 5) is 0. The molecule has 0 amide bonds. The fourth-order valence-corrected chi connectivity index (χ4v) is 3.52. The van der Waals surface area contributed by atoms with Crippen LogP contribution in [-0.2, 0) is 4.74 Å². The van der Waals surface area contributed by atoms with Gasteiger partial charge in [-0.3, -0.25) is 5.41 Å². The van der Waals surface area contributed by atoms with Crippen LogP contribution in [0.3, 0.4) is 0 Å². The van der Waals surface area contributed by atoms with E-state index in [2.05, 4.69) is 20.8 Å². The molecule has 0 heterocycles. The predicted octanol–water partition coefficient (Wildman–Crippen LogP) is 3.21. The topological polar surface area (TPSA) is 33.1 Å². The summed E-state index contributed by atoms with van der Waals surface area (Å²) in [7, 11) is 0. The maximum absolute atomic E-state index is 7.43. The van der Waals surface area contributed by atoms with Gasteiger partial charge in [-0.2, -0.15) is 0 Å². The molecule has 2 aliphatic rings. The molecule has 2 aliphatic carbocycles. The molecule has 0 spiro atoms. The normalized spacial score (nSPS) is 44.0. The second-order valence-corrected chi connectivity index (χ2v) is 5.77. The van der Waals surface area contributed by atoms with Crippen molar-refractivity contribution in [3.63, 3.8) is 0 Å². The molecule has 2 unspecified atom stereocenters. The molecule has 0 saturated heterocycles. The Hall–Kier alpha value is -0.530. The molecule has 0 radical (unpaired) electrons. The molecular formula is C12H21NO. The molecule has 0 aromatic rings. The standard InChI is InChI=1S/C12H21NO/c1-8(13)14-10-7-9-5-6-12(10,4)11(9,2)3/h9-10,13H,5-7H2,1-4H3/t9?,10-,12?/m0/s1. The highest BCUT2D eigenvalue weighted by atomic mass is 16.5. The summed E-state index contributed by atoms with van der Waals surface area (Å²) in [6.07, 6.45) is 4.05. The van der Waals surface area contributed by atoms with Crippen LogP contribution >= 0.6 is 0 Å². The summed E-state index contributed by atoms with van der Waals surface area (Å²) in [5.74, 6) is 1.18. The molecule has 2 fully saturated rings. The Bertz CT molecular complexity index is 271. The van der Waals surface area contributed by atoms with E-state index >= 15 is 0 Å². The summed E-state index contributed by atoms with van der Waals surface area (Å²) in [6.45, 7) is 8.82. The molecule has 3 atom stereocenters. The zero-order valence-corrected chi connectivity index (χ0v) is 9.68. The van der Waals surface area contributed by atoms with Crippen LogP contribution < -0.4 is 0 Å². The third kappa shape index (κ3) is 1.06. The Morgan fingerprint density at radius 1 is 1.36 bits per heavy atom. The monoisotopic (exact) mass is 195 g/mol. The van der Waals surface area contributed by atoms with Crippen LogP contribution in [-0.4, -0.2) is 12.0 Å². The Kier molecular flexibility index (Phi) is 1.96. The van der Waals surface area contributed by atoms with Gasteiger partial charge in [-0.25, -0.2) is 0 Å². The molecule has 2 nitrogen and oxygen atoms in total. The van der Waals surface area contributed by atoms with Crippen molar-refractivity contribution in [1.82, 2.24) is 0 Å². The number of hydrogen-bond donors (Lipinski definition) is 1. The number of fused-ring (bicyclic) bond motifs is 2. The molecule has 80 valence electrons. The van der Waals surface area contributed by atoms with E-state index in [1.807, 2.05) is 0 Å². The first-order chi connectivity index (χ1) is 6.38. The van der Waals surface area contributed by atoms with E-state index in [0.29, 0.717) is 16.7 Å². The van der Waals surface area contributed by atoms with Gasteiger partial charge in [0.15, 0.2) is 5.90 Å². The largest absolute Gasteiger partial charge is 0.478 e. The maximum atomic E-state index is 7.43. The van der Waals surface area contributed by atoms with Crippen LogP contribution in [0.1, 0.15) is 47.0 Å². The van der Waals surface area contributed by atoms with Crippen LogP contribution in [0.25, 0.3) is 0 Å². The van der Waals surface area contributed by atoms with Crippen LogP contribution in [0.4, 0.5) is 0 Å². The van der Waals surface area contributed by atoms with Gasteiger partial charge < -0.3 is 4.74 Å². The second kappa shape index (κ2) is 2.74. The molecule has 14 heavy (non-hydrogen) atoms. The van der Waals surface area contributed by atoms with Crippen molar-refractivity contribution >= 4 is 5.90 Å². The fraction of sp³-hybridized carbons (Fsp3) is 0.917. The minimum Gasteiger partial charge on any atom is -0.478 e. The van der Waals surface area contributed by atoms with Crippen molar-refractivity contribution in [3.05, 3.63) is 0 Å². The lowest BCUT2D eigenvalue weighted by atomic mass is 9.70. The van der Waals surface area contributed by atoms with Gasteiger partial charge in [0.1, 0.15) is 6.10 Å². The summed E-state index contributed by atoms with van der Waals surface area (Å²) in [5, 5.41) is 7.43. The zero-order valence-electron chi connectivity index (χ0n) is 9.68. The number of ether oxygens (including phenoxy) is 1. The Morgan fingerprint density at radius 3 is 2.36 bits per heavy atom. The van der Waals surface area contributed by atoms with Gasteiger partial charge in [0.05, 0.1) is 0 Å². The lowest BCUT2D eigenvalue weighted by molar-refractivity contribution is 0.0209. The quantitative estimate of drug-likeness (QED) is 0.506. The number of rotatable bonds is 1. The predicted molar refractivity (Wildman–Crippen MR) is 57.5 cm³/mol. The average molecular weight is 195 g/mol. The highest BCUT2D eigenvalue weighted by molar-refractivity contribution is 5.69. The third-order valence-electron chi connectivity index (χ3n) is 5.03. The van der Waals surface area contributed by atoms with Gasteiger partial charge in [0.25, 0.3) is 0 Å². The van der Waals surface area contributed by atoms with Crippen molar-refractivity contribution in [1.29, 1.82) is 5.41 Å². The van der Waals surface area contributed by atoms with Crippen LogP contribution in [0.5, 0.6) is 0 Å². The van der Waals surface area contributed by atoms with Crippen LogP contribution in [0.2, 0.25) is 0 Å². The SMILES string of the molecule is CC(=N)O[C@H]1CC2CCC1(C)C2(C)C. The molecule has 1 N–H and O–H groups in total. The van der Waals surface area contributed by atoms with E-state index in [0.717, 1.165) is 12.3 Å². The summed E-state index contributed by atoms with van der Waals surface area (Å²) in [5.41, 5.74) is 0.688. The van der Waals surface area contributed by atoms with E-state index < -0.39 is 0 Å². The smallest absolute Gasteiger partial charge is 0.177 e. The van der Waals surface area contributed by atoms with E-state index in [-0.39, 0.29) is 6.10 Å². The Labute approximate surface area is 86.5 Å². The number of hydrogen-bond acceptors (Lipinski definition) is 2. The molecule has 0 aliphatic heterocycles. The highest BCUT2D eigenvalue weighted by Gasteiger charge is 2.62. The van der Waals surface area contributed by atoms with E-state index in [9.17, 15) is 0 Å². The van der Waals surface area contributed by atoms with Gasteiger partial charge >= 0.3 is 0 Å². The first kappa shape index (κ1) is 10.0. The maximum Gasteiger partial charge on any atom is 0.177 e. The van der Waals surface area contributed by atoms with Gasteiger partial charge in [-0.15, -0.1) is 0 Å². The molecule has 2 rings (SSSR count). The Morgan fingerprint density at radius 2 is 2.00 bits per heavy atom. The van der Waals surface area contributed by atoms with Crippen LogP contribution in [0.15, 0.2) is 0 Å². The minimum absolute atomic E-state index is 0.286. The van der Waals surface area contributed by atoms with E-state index in [1.165, 1.54) is 12.8 Å². The molecule has 0 aromatic heterocycles. The second-order valence-electron chi connectivity index (χ2n) is 5.77. The lowest BCUT2D eigenvalue weighted by Crippen LogP contribution is -2.37. The average Bonchev–Trinajstić information content (AvgIpc) is 2.35. The van der Waals surface area contributed by atoms with Gasteiger partial charge in [-0.1, -0.05) is 20.8 Å². The molecule has 2 bridgehead atoms. The highest BCUT2D eigenvalue weighted by Crippen LogP contribution is 2.66. The molecule has 0 aromatic carbocycles. The zero-order chi connectivity index (χ0) is 10.6. The summed E-state index contributed by atoms with van der Waals surface area (Å²) < 4.78 is 5.67. The van der Waals surface area contributed by atoms with Crippen molar-refractivity contribution in [2.24, 2.45) is 16.7 Å². The van der Waals surface area contributed by atoms with Gasteiger partial charge in [0.2, 0.25) is 0 Å².